The molecule has 0 bridgehead atoms. The van der Waals surface area contributed by atoms with Crippen molar-refractivity contribution in [2.24, 2.45) is 11.8 Å². The second-order valence-corrected chi connectivity index (χ2v) is 4.93. The van der Waals surface area contributed by atoms with Gasteiger partial charge in [0, 0.05) is 19.0 Å². The van der Waals surface area contributed by atoms with Gasteiger partial charge in [-0.2, -0.15) is 0 Å². The molecule has 0 aromatic carbocycles. The average molecular weight is 197 g/mol. The topological polar surface area (TPSA) is 40.5 Å². The van der Waals surface area contributed by atoms with Crippen LogP contribution >= 0.6 is 0 Å². The van der Waals surface area contributed by atoms with E-state index in [0.717, 1.165) is 25.8 Å². The number of rotatable bonds is 3. The van der Waals surface area contributed by atoms with E-state index in [2.05, 4.69) is 11.8 Å². The molecule has 2 fully saturated rings. The molecule has 1 saturated carbocycles. The lowest BCUT2D eigenvalue weighted by atomic mass is 9.97. The van der Waals surface area contributed by atoms with Crippen molar-refractivity contribution in [3.05, 3.63) is 0 Å². The van der Waals surface area contributed by atoms with Crippen LogP contribution in [0.2, 0.25) is 0 Å². The molecule has 3 nitrogen and oxygen atoms in total. The Morgan fingerprint density at radius 2 is 2.14 bits per heavy atom. The van der Waals surface area contributed by atoms with Gasteiger partial charge in [-0.1, -0.05) is 6.92 Å². The molecule has 1 aliphatic carbocycles. The first-order chi connectivity index (χ1) is 6.65. The summed E-state index contributed by atoms with van der Waals surface area (Å²) in [6, 6.07) is 0. The number of Topliss-reactive ketones (excluding diaryl/α,β-unsaturated/α-hetero) is 1. The molecule has 2 aliphatic rings. The molecule has 0 aromatic heterocycles. The number of β-amino-alcohol motifs (C(OH)–C–C–N with tert-alkyl or cyclic N) is 1. The van der Waals surface area contributed by atoms with E-state index in [0.29, 0.717) is 30.7 Å². The Morgan fingerprint density at radius 1 is 1.43 bits per heavy atom. The molecule has 1 heterocycles. The third kappa shape index (κ3) is 2.55. The molecule has 1 saturated heterocycles. The Morgan fingerprint density at radius 3 is 2.71 bits per heavy atom. The van der Waals surface area contributed by atoms with Gasteiger partial charge in [0.15, 0.2) is 0 Å². The molecule has 1 N–H and O–H groups in total. The summed E-state index contributed by atoms with van der Waals surface area (Å²) >= 11 is 0. The van der Waals surface area contributed by atoms with Gasteiger partial charge < -0.3 is 5.11 Å². The van der Waals surface area contributed by atoms with Crippen LogP contribution in [0.1, 0.15) is 26.2 Å². The van der Waals surface area contributed by atoms with Crippen LogP contribution in [0.25, 0.3) is 0 Å². The first kappa shape index (κ1) is 10.1. The van der Waals surface area contributed by atoms with Crippen molar-refractivity contribution in [3.8, 4) is 0 Å². The van der Waals surface area contributed by atoms with Crippen LogP contribution in [-0.2, 0) is 4.79 Å². The predicted molar refractivity (Wildman–Crippen MR) is 54.0 cm³/mol. The number of carbonyl (C=O) groups is 1. The van der Waals surface area contributed by atoms with Crippen LogP contribution < -0.4 is 0 Å². The van der Waals surface area contributed by atoms with Gasteiger partial charge in [-0.25, -0.2) is 0 Å². The van der Waals surface area contributed by atoms with Gasteiger partial charge in [-0.05, 0) is 25.2 Å². The molecule has 14 heavy (non-hydrogen) atoms. The number of hydrogen-bond acceptors (Lipinski definition) is 3. The minimum atomic E-state index is -0.231. The van der Waals surface area contributed by atoms with Gasteiger partial charge in [0.1, 0.15) is 5.78 Å². The lowest BCUT2D eigenvalue weighted by molar-refractivity contribution is -0.122. The summed E-state index contributed by atoms with van der Waals surface area (Å²) in [6.07, 6.45) is 2.83. The summed E-state index contributed by atoms with van der Waals surface area (Å²) in [6.45, 7) is 4.35. The van der Waals surface area contributed by atoms with Gasteiger partial charge in [-0.15, -0.1) is 0 Å². The minimum absolute atomic E-state index is 0.231. The van der Waals surface area contributed by atoms with E-state index in [1.54, 1.807) is 0 Å². The summed E-state index contributed by atoms with van der Waals surface area (Å²) in [4.78, 5) is 13.7. The van der Waals surface area contributed by atoms with Gasteiger partial charge in [0.25, 0.3) is 0 Å². The van der Waals surface area contributed by atoms with Crippen molar-refractivity contribution >= 4 is 5.78 Å². The number of carbonyl (C=O) groups excluding carboxylic acids is 1. The Hall–Kier alpha value is -0.410. The van der Waals surface area contributed by atoms with Crippen molar-refractivity contribution in [2.75, 3.05) is 19.6 Å². The molecule has 0 radical (unpaired) electrons. The van der Waals surface area contributed by atoms with E-state index < -0.39 is 0 Å². The van der Waals surface area contributed by atoms with Crippen LogP contribution in [0.15, 0.2) is 0 Å². The van der Waals surface area contributed by atoms with Crippen LogP contribution in [-0.4, -0.2) is 41.5 Å². The highest BCUT2D eigenvalue weighted by Crippen LogP contribution is 2.30. The smallest absolute Gasteiger partial charge is 0.149 e. The van der Waals surface area contributed by atoms with E-state index in [1.807, 2.05) is 0 Å². The number of ketones is 1. The van der Waals surface area contributed by atoms with E-state index in [-0.39, 0.29) is 6.10 Å². The zero-order valence-electron chi connectivity index (χ0n) is 8.78. The first-order valence-corrected chi connectivity index (χ1v) is 5.58. The Balaban J connectivity index is 1.81. The third-order valence-electron chi connectivity index (χ3n) is 3.13. The third-order valence-corrected chi connectivity index (χ3v) is 3.13. The lowest BCUT2D eigenvalue weighted by Crippen LogP contribution is -2.44. The number of aliphatic hydroxyl groups is 1. The van der Waals surface area contributed by atoms with Crippen molar-refractivity contribution in [2.45, 2.75) is 32.3 Å². The summed E-state index contributed by atoms with van der Waals surface area (Å²) < 4.78 is 0. The maximum Gasteiger partial charge on any atom is 0.149 e. The fraction of sp³-hybridized carbons (Fsp3) is 0.909. The van der Waals surface area contributed by atoms with E-state index in [4.69, 9.17) is 0 Å². The number of nitrogens with zero attached hydrogens (tertiary/aromatic N) is 1. The zero-order chi connectivity index (χ0) is 10.1. The second-order valence-electron chi connectivity index (χ2n) is 4.93. The molecule has 2 rings (SSSR count). The molecule has 0 spiro atoms. The minimum Gasteiger partial charge on any atom is -0.392 e. The number of hydrogen-bond donors (Lipinski definition) is 1. The Kier molecular flexibility index (Phi) is 2.88. The highest BCUT2D eigenvalue weighted by atomic mass is 16.3. The fourth-order valence-corrected chi connectivity index (χ4v) is 2.31. The van der Waals surface area contributed by atoms with E-state index >= 15 is 0 Å². The molecule has 1 aliphatic heterocycles. The van der Waals surface area contributed by atoms with Gasteiger partial charge in [0.2, 0.25) is 0 Å². The standard InChI is InChI=1S/C11H19NO2/c1-8-4-10(13)6-12(5-8)7-11(14)9-2-3-9/h8-10,13H,2-7H2,1H3. The van der Waals surface area contributed by atoms with Crippen molar-refractivity contribution < 1.29 is 9.90 Å². The van der Waals surface area contributed by atoms with Crippen LogP contribution in [0.5, 0.6) is 0 Å². The van der Waals surface area contributed by atoms with E-state index in [1.165, 1.54) is 0 Å². The summed E-state index contributed by atoms with van der Waals surface area (Å²) in [7, 11) is 0. The van der Waals surface area contributed by atoms with Crippen LogP contribution in [0.3, 0.4) is 0 Å². The SMILES string of the molecule is CC1CC(O)CN(CC(=O)C2CC2)C1. The number of piperidine rings is 1. The normalized spacial score (nSPS) is 34.4. The quantitative estimate of drug-likeness (QED) is 0.723. The fourth-order valence-electron chi connectivity index (χ4n) is 2.31. The van der Waals surface area contributed by atoms with Crippen LogP contribution in [0.4, 0.5) is 0 Å². The highest BCUT2D eigenvalue weighted by Gasteiger charge is 2.32. The predicted octanol–water partition coefficient (Wildman–Crippen LogP) is 0.668. The summed E-state index contributed by atoms with van der Waals surface area (Å²) in [5, 5.41) is 9.56. The molecule has 0 aromatic rings. The second kappa shape index (κ2) is 3.99. The lowest BCUT2D eigenvalue weighted by Gasteiger charge is -2.33. The summed E-state index contributed by atoms with van der Waals surface area (Å²) in [5.74, 6) is 1.25. The van der Waals surface area contributed by atoms with Gasteiger partial charge in [-0.3, -0.25) is 9.69 Å². The molecular formula is C11H19NO2. The molecular weight excluding hydrogens is 178 g/mol. The number of likely N-dealkylation sites (tertiary alicyclic amines) is 1. The van der Waals surface area contributed by atoms with Gasteiger partial charge >= 0.3 is 0 Å². The molecule has 80 valence electrons. The van der Waals surface area contributed by atoms with E-state index in [9.17, 15) is 9.90 Å². The first-order valence-electron chi connectivity index (χ1n) is 5.58. The maximum absolute atomic E-state index is 11.6. The Bertz CT molecular complexity index is 215. The van der Waals surface area contributed by atoms with Crippen molar-refractivity contribution in [3.63, 3.8) is 0 Å². The largest absolute Gasteiger partial charge is 0.392 e. The van der Waals surface area contributed by atoms with Crippen molar-refractivity contribution in [1.29, 1.82) is 0 Å². The van der Waals surface area contributed by atoms with Crippen LogP contribution in [0, 0.1) is 11.8 Å². The average Bonchev–Trinajstić information content (AvgIpc) is 2.82. The molecule has 2 unspecified atom stereocenters. The maximum atomic E-state index is 11.6. The monoisotopic (exact) mass is 197 g/mol. The zero-order valence-corrected chi connectivity index (χ0v) is 8.78. The number of aliphatic hydroxyl groups excluding tert-OH is 1. The molecule has 2 atom stereocenters. The van der Waals surface area contributed by atoms with Crippen molar-refractivity contribution in [1.82, 2.24) is 4.90 Å². The highest BCUT2D eigenvalue weighted by molar-refractivity contribution is 5.85. The molecule has 3 heteroatoms. The molecule has 0 amide bonds. The summed E-state index contributed by atoms with van der Waals surface area (Å²) in [5.41, 5.74) is 0. The Labute approximate surface area is 85.1 Å². The van der Waals surface area contributed by atoms with Gasteiger partial charge in [0.05, 0.1) is 12.6 Å².